The predicted octanol–water partition coefficient (Wildman–Crippen LogP) is 3.48. The van der Waals surface area contributed by atoms with Crippen molar-refractivity contribution >= 4 is 16.8 Å². The largest absolute Gasteiger partial charge is 0.391 e. The molecule has 0 N–H and O–H groups in total. The van der Waals surface area contributed by atoms with Crippen LogP contribution in [0.1, 0.15) is 13.3 Å². The van der Waals surface area contributed by atoms with E-state index in [9.17, 15) is 13.2 Å². The van der Waals surface area contributed by atoms with Gasteiger partial charge in [-0.15, -0.1) is 11.8 Å². The van der Waals surface area contributed by atoms with Crippen LogP contribution in [-0.2, 0) is 0 Å². The van der Waals surface area contributed by atoms with E-state index in [0.717, 1.165) is 6.92 Å². The Bertz CT molecular complexity index is 198. The first-order valence-electron chi connectivity index (χ1n) is 3.70. The highest BCUT2D eigenvalue weighted by atomic mass is 32.2. The third kappa shape index (κ3) is 4.98. The van der Waals surface area contributed by atoms with Gasteiger partial charge in [0.15, 0.2) is 0 Å². The van der Waals surface area contributed by atoms with E-state index in [4.69, 9.17) is 0 Å². The molecular formula is C8H12F3NS. The minimum absolute atomic E-state index is 0.0727. The van der Waals surface area contributed by atoms with Gasteiger partial charge in [-0.1, -0.05) is 13.5 Å². The molecule has 0 aromatic rings. The molecule has 1 atom stereocenters. The van der Waals surface area contributed by atoms with E-state index in [0.29, 0.717) is 5.04 Å². The molecule has 0 saturated heterocycles. The highest BCUT2D eigenvalue weighted by Gasteiger charge is 2.36. The van der Waals surface area contributed by atoms with Crippen LogP contribution >= 0.6 is 11.8 Å². The number of halogens is 3. The van der Waals surface area contributed by atoms with E-state index in [1.807, 2.05) is 0 Å². The van der Waals surface area contributed by atoms with Gasteiger partial charge in [-0.25, -0.2) is 0 Å². The quantitative estimate of drug-likeness (QED) is 0.514. The Morgan fingerprint density at radius 3 is 2.46 bits per heavy atom. The predicted molar refractivity (Wildman–Crippen MR) is 51.0 cm³/mol. The normalized spacial score (nSPS) is 15.6. The zero-order valence-electron chi connectivity index (χ0n) is 7.56. The van der Waals surface area contributed by atoms with Crippen LogP contribution in [-0.4, -0.2) is 17.5 Å². The molecule has 0 spiro atoms. The van der Waals surface area contributed by atoms with Crippen molar-refractivity contribution in [2.75, 3.05) is 6.26 Å². The lowest BCUT2D eigenvalue weighted by Gasteiger charge is -2.15. The Labute approximate surface area is 80.1 Å². The molecule has 0 fully saturated rings. The van der Waals surface area contributed by atoms with E-state index in [2.05, 4.69) is 11.6 Å². The van der Waals surface area contributed by atoms with Gasteiger partial charge in [0.1, 0.15) is 0 Å². The second kappa shape index (κ2) is 5.32. The lowest BCUT2D eigenvalue weighted by Crippen LogP contribution is -2.21. The fraction of sp³-hybridized carbons (Fsp3) is 0.625. The lowest BCUT2D eigenvalue weighted by atomic mass is 10.1. The highest BCUT2D eigenvalue weighted by molar-refractivity contribution is 8.13. The molecule has 13 heavy (non-hydrogen) atoms. The minimum atomic E-state index is -4.14. The van der Waals surface area contributed by atoms with Gasteiger partial charge in [-0.05, 0) is 6.26 Å². The fourth-order valence-electron chi connectivity index (χ4n) is 0.668. The highest BCUT2D eigenvalue weighted by Crippen LogP contribution is 2.29. The minimum Gasteiger partial charge on any atom is -0.255 e. The van der Waals surface area contributed by atoms with Crippen LogP contribution < -0.4 is 0 Å². The zero-order valence-corrected chi connectivity index (χ0v) is 8.37. The van der Waals surface area contributed by atoms with Crippen LogP contribution in [0.25, 0.3) is 0 Å². The number of alkyl halides is 3. The van der Waals surface area contributed by atoms with Crippen LogP contribution in [0.3, 0.4) is 0 Å². The molecule has 0 bridgehead atoms. The van der Waals surface area contributed by atoms with Crippen molar-refractivity contribution < 1.29 is 13.2 Å². The van der Waals surface area contributed by atoms with Crippen LogP contribution in [0.2, 0.25) is 0 Å². The molecule has 0 aliphatic heterocycles. The summed E-state index contributed by atoms with van der Waals surface area (Å²) in [5.74, 6) is -1.35. The molecule has 0 aromatic carbocycles. The van der Waals surface area contributed by atoms with E-state index < -0.39 is 12.1 Å². The molecule has 0 aliphatic rings. The maximum atomic E-state index is 12.1. The molecule has 76 valence electrons. The third-order valence-electron chi connectivity index (χ3n) is 1.51. The molecule has 0 aliphatic carbocycles. The first-order chi connectivity index (χ1) is 5.91. The summed E-state index contributed by atoms with van der Waals surface area (Å²) >= 11 is 1.22. The number of nitrogens with zero attached hydrogens (tertiary/aromatic N) is 1. The number of hydrogen-bond donors (Lipinski definition) is 0. The molecule has 0 radical (unpaired) electrons. The van der Waals surface area contributed by atoms with Gasteiger partial charge in [-0.3, -0.25) is 4.99 Å². The third-order valence-corrected chi connectivity index (χ3v) is 2.25. The molecule has 0 amide bonds. The van der Waals surface area contributed by atoms with Crippen molar-refractivity contribution in [2.45, 2.75) is 19.5 Å². The van der Waals surface area contributed by atoms with Crippen LogP contribution in [0, 0.1) is 5.92 Å². The van der Waals surface area contributed by atoms with Crippen molar-refractivity contribution in [1.82, 2.24) is 0 Å². The van der Waals surface area contributed by atoms with E-state index in [1.165, 1.54) is 18.0 Å². The first-order valence-corrected chi connectivity index (χ1v) is 4.92. The average molecular weight is 211 g/mol. The average Bonchev–Trinajstić information content (AvgIpc) is 2.01. The Morgan fingerprint density at radius 2 is 2.15 bits per heavy atom. The zero-order chi connectivity index (χ0) is 10.5. The van der Waals surface area contributed by atoms with Gasteiger partial charge < -0.3 is 0 Å². The van der Waals surface area contributed by atoms with Crippen molar-refractivity contribution in [1.29, 1.82) is 0 Å². The molecule has 0 aromatic heterocycles. The summed E-state index contributed by atoms with van der Waals surface area (Å²) in [5.41, 5.74) is 0. The Kier molecular flexibility index (Phi) is 5.13. The number of aliphatic imine (C=N–C) groups is 1. The molecule has 1 unspecified atom stereocenters. The van der Waals surface area contributed by atoms with Crippen molar-refractivity contribution in [3.8, 4) is 0 Å². The summed E-state index contributed by atoms with van der Waals surface area (Å²) in [4.78, 5) is 3.74. The van der Waals surface area contributed by atoms with E-state index >= 15 is 0 Å². The summed E-state index contributed by atoms with van der Waals surface area (Å²) in [5, 5.41) is 0.458. The first kappa shape index (κ1) is 12.5. The Balaban J connectivity index is 4.25. The van der Waals surface area contributed by atoms with Crippen LogP contribution in [0.5, 0.6) is 0 Å². The monoisotopic (exact) mass is 211 g/mol. The SMILES string of the molecule is C=CN=C(CC(C)C(F)(F)F)SC. The lowest BCUT2D eigenvalue weighted by molar-refractivity contribution is -0.167. The summed E-state index contributed by atoms with van der Waals surface area (Å²) < 4.78 is 36.3. The number of rotatable bonds is 3. The summed E-state index contributed by atoms with van der Waals surface area (Å²) in [6, 6.07) is 0. The number of thioether (sulfide) groups is 1. The topological polar surface area (TPSA) is 12.4 Å². The second-order valence-electron chi connectivity index (χ2n) is 2.56. The van der Waals surface area contributed by atoms with Gasteiger partial charge >= 0.3 is 6.18 Å². The van der Waals surface area contributed by atoms with Crippen molar-refractivity contribution in [2.24, 2.45) is 10.9 Å². The second-order valence-corrected chi connectivity index (χ2v) is 3.44. The maximum absolute atomic E-state index is 12.1. The maximum Gasteiger partial charge on any atom is 0.391 e. The van der Waals surface area contributed by atoms with Crippen LogP contribution in [0.15, 0.2) is 17.8 Å². The van der Waals surface area contributed by atoms with Gasteiger partial charge in [0.05, 0.1) is 11.0 Å². The van der Waals surface area contributed by atoms with Crippen LogP contribution in [0.4, 0.5) is 13.2 Å². The van der Waals surface area contributed by atoms with E-state index in [1.54, 1.807) is 6.26 Å². The Morgan fingerprint density at radius 1 is 1.62 bits per heavy atom. The van der Waals surface area contributed by atoms with Gasteiger partial charge in [0.2, 0.25) is 0 Å². The van der Waals surface area contributed by atoms with Gasteiger partial charge in [-0.2, -0.15) is 13.2 Å². The van der Waals surface area contributed by atoms with Gasteiger partial charge in [0.25, 0.3) is 0 Å². The van der Waals surface area contributed by atoms with Crippen molar-refractivity contribution in [3.05, 3.63) is 12.8 Å². The Hall–Kier alpha value is -0.450. The molecule has 0 heterocycles. The summed E-state index contributed by atoms with van der Waals surface area (Å²) in [6.07, 6.45) is -1.26. The van der Waals surface area contributed by atoms with E-state index in [-0.39, 0.29) is 6.42 Å². The smallest absolute Gasteiger partial charge is 0.255 e. The molecule has 0 saturated carbocycles. The fourth-order valence-corrected chi connectivity index (χ4v) is 1.26. The summed E-state index contributed by atoms with van der Waals surface area (Å²) in [6.45, 7) is 4.48. The van der Waals surface area contributed by atoms with Crippen molar-refractivity contribution in [3.63, 3.8) is 0 Å². The summed E-state index contributed by atoms with van der Waals surface area (Å²) in [7, 11) is 0. The molecular weight excluding hydrogens is 199 g/mol. The molecule has 1 nitrogen and oxygen atoms in total. The molecule has 0 rings (SSSR count). The standard InChI is InChI=1S/C8H12F3NS/c1-4-12-7(13-3)5-6(2)8(9,10)11/h4,6H,1,5H2,2-3H3. The number of hydrogen-bond acceptors (Lipinski definition) is 2. The molecule has 5 heteroatoms. The van der Waals surface area contributed by atoms with Gasteiger partial charge in [0, 0.05) is 12.6 Å².